The van der Waals surface area contributed by atoms with Gasteiger partial charge in [-0.1, -0.05) is 24.4 Å². The van der Waals surface area contributed by atoms with Gasteiger partial charge in [0.05, 0.1) is 18.3 Å². The summed E-state index contributed by atoms with van der Waals surface area (Å²) in [4.78, 5) is 30.7. The number of aliphatic carboxylic acids is 1. The molecule has 1 aromatic heterocycles. The van der Waals surface area contributed by atoms with Crippen molar-refractivity contribution in [3.8, 4) is 0 Å². The zero-order valence-electron chi connectivity index (χ0n) is 10.9. The fourth-order valence-corrected chi connectivity index (χ4v) is 2.62. The average Bonchev–Trinajstić information content (AvgIpc) is 2.45. The second kappa shape index (κ2) is 6.65. The van der Waals surface area contributed by atoms with E-state index in [0.717, 1.165) is 19.3 Å². The van der Waals surface area contributed by atoms with Gasteiger partial charge in [-0.3, -0.25) is 9.59 Å². The number of hydrogen-bond donors (Lipinski definition) is 2. The molecule has 1 aliphatic rings. The molecule has 1 aromatic rings. The Balaban J connectivity index is 1.91. The van der Waals surface area contributed by atoms with Crippen LogP contribution in [-0.4, -0.2) is 33.5 Å². The number of carboxylic acid groups (broad SMARTS) is 1. The molecule has 2 N–H and O–H groups in total. The van der Waals surface area contributed by atoms with Crippen LogP contribution in [0, 0.1) is 11.8 Å². The fraction of sp³-hybridized carbons (Fsp3) is 0.538. The Morgan fingerprint density at radius 1 is 1.30 bits per heavy atom. The number of amides is 1. The van der Waals surface area contributed by atoms with Crippen molar-refractivity contribution in [3.63, 3.8) is 0 Å². The number of rotatable bonds is 4. The predicted molar refractivity (Wildman–Crippen MR) is 72.5 cm³/mol. The standard InChI is InChI=1S/C13H16ClN3O3/c14-11-7-15-10(6-16-11)12(18)17-5-8-3-1-2-4-9(8)13(19)20/h6-9H,1-5H2,(H,17,18)(H,19,20). The van der Waals surface area contributed by atoms with Gasteiger partial charge in [0, 0.05) is 6.54 Å². The lowest BCUT2D eigenvalue weighted by Crippen LogP contribution is -2.37. The number of aromatic nitrogens is 2. The van der Waals surface area contributed by atoms with E-state index >= 15 is 0 Å². The Morgan fingerprint density at radius 2 is 2.05 bits per heavy atom. The Bertz CT molecular complexity index is 492. The number of nitrogens with one attached hydrogen (secondary N) is 1. The van der Waals surface area contributed by atoms with Gasteiger partial charge < -0.3 is 10.4 Å². The molecule has 7 heteroatoms. The third kappa shape index (κ3) is 3.66. The van der Waals surface area contributed by atoms with Gasteiger partial charge in [-0.05, 0) is 18.8 Å². The molecule has 20 heavy (non-hydrogen) atoms. The summed E-state index contributed by atoms with van der Waals surface area (Å²) in [6, 6.07) is 0. The van der Waals surface area contributed by atoms with Gasteiger partial charge in [0.15, 0.2) is 0 Å². The van der Waals surface area contributed by atoms with E-state index in [9.17, 15) is 14.7 Å². The molecule has 2 unspecified atom stereocenters. The molecule has 1 saturated carbocycles. The van der Waals surface area contributed by atoms with Crippen LogP contribution in [0.3, 0.4) is 0 Å². The van der Waals surface area contributed by atoms with Crippen molar-refractivity contribution in [2.75, 3.05) is 6.54 Å². The second-order valence-electron chi connectivity index (χ2n) is 4.92. The van der Waals surface area contributed by atoms with Gasteiger partial charge in [0.1, 0.15) is 10.8 Å². The first-order valence-electron chi connectivity index (χ1n) is 6.56. The van der Waals surface area contributed by atoms with E-state index in [2.05, 4.69) is 15.3 Å². The number of carboxylic acids is 1. The number of nitrogens with zero attached hydrogens (tertiary/aromatic N) is 2. The Kier molecular flexibility index (Phi) is 4.89. The zero-order valence-corrected chi connectivity index (χ0v) is 11.6. The van der Waals surface area contributed by atoms with Crippen LogP contribution in [0.2, 0.25) is 5.15 Å². The molecule has 0 aliphatic heterocycles. The topological polar surface area (TPSA) is 92.2 Å². The predicted octanol–water partition coefficient (Wildman–Crippen LogP) is 1.75. The molecule has 2 atom stereocenters. The molecule has 0 bridgehead atoms. The van der Waals surface area contributed by atoms with Crippen molar-refractivity contribution in [2.24, 2.45) is 11.8 Å². The van der Waals surface area contributed by atoms with E-state index in [1.807, 2.05) is 0 Å². The van der Waals surface area contributed by atoms with E-state index < -0.39 is 5.97 Å². The van der Waals surface area contributed by atoms with E-state index in [1.165, 1.54) is 12.4 Å². The summed E-state index contributed by atoms with van der Waals surface area (Å²) in [6.45, 7) is 0.347. The van der Waals surface area contributed by atoms with Crippen LogP contribution in [0.5, 0.6) is 0 Å². The molecule has 0 aromatic carbocycles. The lowest BCUT2D eigenvalue weighted by Gasteiger charge is -2.28. The van der Waals surface area contributed by atoms with Crippen LogP contribution in [0.25, 0.3) is 0 Å². The first-order chi connectivity index (χ1) is 9.58. The van der Waals surface area contributed by atoms with Crippen LogP contribution in [0.4, 0.5) is 0 Å². The number of carbonyl (C=O) groups is 2. The van der Waals surface area contributed by atoms with Crippen LogP contribution >= 0.6 is 11.6 Å². The summed E-state index contributed by atoms with van der Waals surface area (Å²) in [6.07, 6.45) is 6.04. The lowest BCUT2D eigenvalue weighted by atomic mass is 9.79. The minimum atomic E-state index is -0.782. The SMILES string of the molecule is O=C(NCC1CCCCC1C(=O)O)c1cnc(Cl)cn1. The van der Waals surface area contributed by atoms with Crippen molar-refractivity contribution in [2.45, 2.75) is 25.7 Å². The van der Waals surface area contributed by atoms with Crippen LogP contribution in [0.15, 0.2) is 12.4 Å². The van der Waals surface area contributed by atoms with Crippen molar-refractivity contribution >= 4 is 23.5 Å². The van der Waals surface area contributed by atoms with E-state index in [-0.39, 0.29) is 28.6 Å². The van der Waals surface area contributed by atoms with Crippen molar-refractivity contribution in [1.82, 2.24) is 15.3 Å². The van der Waals surface area contributed by atoms with Gasteiger partial charge >= 0.3 is 5.97 Å². The molecule has 0 spiro atoms. The van der Waals surface area contributed by atoms with Crippen LogP contribution < -0.4 is 5.32 Å². The minimum Gasteiger partial charge on any atom is -0.481 e. The summed E-state index contributed by atoms with van der Waals surface area (Å²) in [5.74, 6) is -1.54. The van der Waals surface area contributed by atoms with Crippen molar-refractivity contribution < 1.29 is 14.7 Å². The van der Waals surface area contributed by atoms with E-state index in [4.69, 9.17) is 11.6 Å². The highest BCUT2D eigenvalue weighted by Gasteiger charge is 2.30. The van der Waals surface area contributed by atoms with Gasteiger partial charge in [0.2, 0.25) is 0 Å². The molecule has 1 fully saturated rings. The second-order valence-corrected chi connectivity index (χ2v) is 5.31. The smallest absolute Gasteiger partial charge is 0.306 e. The number of halogens is 1. The normalized spacial score (nSPS) is 22.2. The highest BCUT2D eigenvalue weighted by Crippen LogP contribution is 2.29. The summed E-state index contributed by atoms with van der Waals surface area (Å²) < 4.78 is 0. The maximum absolute atomic E-state index is 11.9. The monoisotopic (exact) mass is 297 g/mol. The highest BCUT2D eigenvalue weighted by molar-refractivity contribution is 6.29. The van der Waals surface area contributed by atoms with Crippen molar-refractivity contribution in [1.29, 1.82) is 0 Å². The van der Waals surface area contributed by atoms with E-state index in [0.29, 0.717) is 13.0 Å². The zero-order chi connectivity index (χ0) is 14.5. The molecule has 6 nitrogen and oxygen atoms in total. The summed E-state index contributed by atoms with van der Waals surface area (Å²) in [7, 11) is 0. The van der Waals surface area contributed by atoms with Crippen molar-refractivity contribution in [3.05, 3.63) is 23.2 Å². The first kappa shape index (κ1) is 14.7. The third-order valence-electron chi connectivity index (χ3n) is 3.60. The molecular weight excluding hydrogens is 282 g/mol. The maximum Gasteiger partial charge on any atom is 0.306 e. The Hall–Kier alpha value is -1.69. The molecule has 108 valence electrons. The van der Waals surface area contributed by atoms with Gasteiger partial charge in [0.25, 0.3) is 5.91 Å². The molecule has 0 saturated heterocycles. The third-order valence-corrected chi connectivity index (χ3v) is 3.80. The van der Waals surface area contributed by atoms with Gasteiger partial charge in [-0.15, -0.1) is 0 Å². The summed E-state index contributed by atoms with van der Waals surface area (Å²) >= 11 is 5.60. The highest BCUT2D eigenvalue weighted by atomic mass is 35.5. The molecule has 1 heterocycles. The molecular formula is C13H16ClN3O3. The molecule has 0 radical (unpaired) electrons. The summed E-state index contributed by atoms with van der Waals surface area (Å²) in [5, 5.41) is 12.1. The fourth-order valence-electron chi connectivity index (χ4n) is 2.52. The average molecular weight is 298 g/mol. The largest absolute Gasteiger partial charge is 0.481 e. The van der Waals surface area contributed by atoms with Crippen LogP contribution in [-0.2, 0) is 4.79 Å². The Labute approximate surface area is 121 Å². The summed E-state index contributed by atoms with van der Waals surface area (Å²) in [5.41, 5.74) is 0.178. The molecule has 1 amide bonds. The van der Waals surface area contributed by atoms with Crippen LogP contribution in [0.1, 0.15) is 36.2 Å². The van der Waals surface area contributed by atoms with Gasteiger partial charge in [-0.2, -0.15) is 0 Å². The number of carbonyl (C=O) groups excluding carboxylic acids is 1. The number of hydrogen-bond acceptors (Lipinski definition) is 4. The van der Waals surface area contributed by atoms with Gasteiger partial charge in [-0.25, -0.2) is 9.97 Å². The molecule has 2 rings (SSSR count). The maximum atomic E-state index is 11.9. The first-order valence-corrected chi connectivity index (χ1v) is 6.94. The van der Waals surface area contributed by atoms with E-state index in [1.54, 1.807) is 0 Å². The molecule has 1 aliphatic carbocycles. The minimum absolute atomic E-state index is 0.0227. The lowest BCUT2D eigenvalue weighted by molar-refractivity contribution is -0.144. The Morgan fingerprint density at radius 3 is 2.70 bits per heavy atom. The quantitative estimate of drug-likeness (QED) is 0.883.